The first kappa shape index (κ1) is 10.0. The maximum atomic E-state index is 11.4. The maximum absolute atomic E-state index is 11.4. The molecule has 1 aromatic carbocycles. The van der Waals surface area contributed by atoms with E-state index in [4.69, 9.17) is 6.42 Å². The Morgan fingerprint density at radius 2 is 1.93 bits per heavy atom. The van der Waals surface area contributed by atoms with Crippen molar-refractivity contribution in [3.8, 4) is 12.3 Å². The van der Waals surface area contributed by atoms with Gasteiger partial charge >= 0.3 is 0 Å². The third-order valence-corrected chi connectivity index (χ3v) is 1.59. The summed E-state index contributed by atoms with van der Waals surface area (Å²) in [7, 11) is 0. The van der Waals surface area contributed by atoms with Crippen LogP contribution in [0.3, 0.4) is 0 Å². The lowest BCUT2D eigenvalue weighted by Crippen LogP contribution is -2.31. The van der Waals surface area contributed by atoms with Crippen LogP contribution in [0.4, 0.5) is 0 Å². The highest BCUT2D eigenvalue weighted by molar-refractivity contribution is 6.42. The molecule has 0 aromatic heterocycles. The molecule has 0 bridgehead atoms. The van der Waals surface area contributed by atoms with E-state index in [-0.39, 0.29) is 6.54 Å². The molecule has 0 spiro atoms. The van der Waals surface area contributed by atoms with Crippen LogP contribution in [0, 0.1) is 12.3 Å². The van der Waals surface area contributed by atoms with Crippen LogP contribution in [0.15, 0.2) is 30.3 Å². The molecule has 0 aliphatic heterocycles. The number of benzene rings is 1. The highest BCUT2D eigenvalue weighted by atomic mass is 16.2. The smallest absolute Gasteiger partial charge is 0.293 e. The molecule has 0 radical (unpaired) electrons. The van der Waals surface area contributed by atoms with Crippen LogP contribution in [-0.4, -0.2) is 18.2 Å². The minimum Gasteiger partial charge on any atom is -0.338 e. The Morgan fingerprint density at radius 3 is 2.50 bits per heavy atom. The molecule has 0 saturated heterocycles. The maximum Gasteiger partial charge on any atom is 0.293 e. The van der Waals surface area contributed by atoms with Crippen molar-refractivity contribution in [1.29, 1.82) is 0 Å². The van der Waals surface area contributed by atoms with E-state index in [1.165, 1.54) is 0 Å². The number of carbonyl (C=O) groups is 2. The zero-order valence-electron chi connectivity index (χ0n) is 7.49. The van der Waals surface area contributed by atoms with Gasteiger partial charge in [0.2, 0.25) is 5.78 Å². The molecule has 3 nitrogen and oxygen atoms in total. The Morgan fingerprint density at radius 1 is 1.29 bits per heavy atom. The minimum absolute atomic E-state index is 0.0669. The molecule has 0 aliphatic rings. The number of hydrogen-bond acceptors (Lipinski definition) is 2. The fraction of sp³-hybridized carbons (Fsp3) is 0.0909. The summed E-state index contributed by atoms with van der Waals surface area (Å²) >= 11 is 0. The van der Waals surface area contributed by atoms with Crippen LogP contribution in [0.1, 0.15) is 10.4 Å². The first-order chi connectivity index (χ1) is 6.75. The van der Waals surface area contributed by atoms with Crippen LogP contribution >= 0.6 is 0 Å². The largest absolute Gasteiger partial charge is 0.338 e. The standard InChI is InChI=1S/C11H9NO2/c1-2-8-12-11(14)10(13)9-6-4-3-5-7-9/h1,3-7H,8H2,(H,12,14). The number of hydrogen-bond donors (Lipinski definition) is 1. The predicted molar refractivity (Wildman–Crippen MR) is 52.6 cm³/mol. The van der Waals surface area contributed by atoms with Gasteiger partial charge in [0.15, 0.2) is 0 Å². The van der Waals surface area contributed by atoms with Gasteiger partial charge in [-0.3, -0.25) is 9.59 Å². The number of ketones is 1. The molecule has 0 aliphatic carbocycles. The van der Waals surface area contributed by atoms with Crippen molar-refractivity contribution in [1.82, 2.24) is 5.32 Å². The third-order valence-electron chi connectivity index (χ3n) is 1.59. The van der Waals surface area contributed by atoms with E-state index in [0.717, 1.165) is 0 Å². The summed E-state index contributed by atoms with van der Waals surface area (Å²) in [6, 6.07) is 8.33. The quantitative estimate of drug-likeness (QED) is 0.428. The summed E-state index contributed by atoms with van der Waals surface area (Å²) in [6.45, 7) is 0.0669. The number of Topliss-reactive ketones (excluding diaryl/α,β-unsaturated/α-hetero) is 1. The SMILES string of the molecule is C#CCNC(=O)C(=O)c1ccccc1. The summed E-state index contributed by atoms with van der Waals surface area (Å²) < 4.78 is 0. The first-order valence-electron chi connectivity index (χ1n) is 4.06. The van der Waals surface area contributed by atoms with E-state index in [9.17, 15) is 9.59 Å². The molecule has 0 heterocycles. The number of rotatable bonds is 3. The molecule has 0 saturated carbocycles. The number of amides is 1. The van der Waals surface area contributed by atoms with Gasteiger partial charge in [0.25, 0.3) is 5.91 Å². The third kappa shape index (κ3) is 2.46. The van der Waals surface area contributed by atoms with Crippen molar-refractivity contribution in [3.05, 3.63) is 35.9 Å². The average Bonchev–Trinajstić information content (AvgIpc) is 2.26. The van der Waals surface area contributed by atoms with Crippen molar-refractivity contribution in [2.45, 2.75) is 0 Å². The second-order valence-electron chi connectivity index (χ2n) is 2.58. The van der Waals surface area contributed by atoms with Gasteiger partial charge in [-0.2, -0.15) is 0 Å². The van der Waals surface area contributed by atoms with Gasteiger partial charge in [-0.15, -0.1) is 6.42 Å². The lowest BCUT2D eigenvalue weighted by atomic mass is 10.1. The van der Waals surface area contributed by atoms with Crippen molar-refractivity contribution < 1.29 is 9.59 Å². The van der Waals surface area contributed by atoms with Gasteiger partial charge in [0.1, 0.15) is 0 Å². The molecular weight excluding hydrogens is 178 g/mol. The topological polar surface area (TPSA) is 46.2 Å². The van der Waals surface area contributed by atoms with Gasteiger partial charge in [-0.05, 0) is 0 Å². The Hall–Kier alpha value is -2.08. The van der Waals surface area contributed by atoms with E-state index < -0.39 is 11.7 Å². The highest BCUT2D eigenvalue weighted by Gasteiger charge is 2.13. The number of carbonyl (C=O) groups excluding carboxylic acids is 2. The highest BCUT2D eigenvalue weighted by Crippen LogP contribution is 1.99. The molecule has 0 unspecified atom stereocenters. The van der Waals surface area contributed by atoms with Gasteiger partial charge in [0.05, 0.1) is 6.54 Å². The molecule has 0 atom stereocenters. The molecule has 1 aromatic rings. The number of nitrogens with one attached hydrogen (secondary N) is 1. The molecular formula is C11H9NO2. The molecule has 3 heteroatoms. The first-order valence-corrected chi connectivity index (χ1v) is 4.06. The number of terminal acetylenes is 1. The van der Waals surface area contributed by atoms with Crippen molar-refractivity contribution in [3.63, 3.8) is 0 Å². The molecule has 1 N–H and O–H groups in total. The molecule has 14 heavy (non-hydrogen) atoms. The lowest BCUT2D eigenvalue weighted by molar-refractivity contribution is -0.116. The molecule has 0 fully saturated rings. The molecule has 1 amide bonds. The second kappa shape index (κ2) is 4.83. The lowest BCUT2D eigenvalue weighted by Gasteiger charge is -1.99. The van der Waals surface area contributed by atoms with E-state index in [2.05, 4.69) is 11.2 Å². The summed E-state index contributed by atoms with van der Waals surface area (Å²) in [6.07, 6.45) is 4.94. The van der Waals surface area contributed by atoms with Crippen molar-refractivity contribution >= 4 is 11.7 Å². The van der Waals surface area contributed by atoms with Crippen LogP contribution in [0.5, 0.6) is 0 Å². The Kier molecular flexibility index (Phi) is 3.45. The van der Waals surface area contributed by atoms with Gasteiger partial charge in [0, 0.05) is 5.56 Å². The Balaban J connectivity index is 2.68. The van der Waals surface area contributed by atoms with Crippen LogP contribution in [0.2, 0.25) is 0 Å². The molecule has 70 valence electrons. The van der Waals surface area contributed by atoms with E-state index in [0.29, 0.717) is 5.56 Å². The molecule has 1 rings (SSSR count). The van der Waals surface area contributed by atoms with Crippen LogP contribution < -0.4 is 5.32 Å². The normalized spacial score (nSPS) is 8.79. The summed E-state index contributed by atoms with van der Waals surface area (Å²) in [4.78, 5) is 22.5. The Bertz CT molecular complexity index is 376. The van der Waals surface area contributed by atoms with Gasteiger partial charge < -0.3 is 5.32 Å². The summed E-state index contributed by atoms with van der Waals surface area (Å²) in [5.41, 5.74) is 0.363. The monoisotopic (exact) mass is 187 g/mol. The van der Waals surface area contributed by atoms with E-state index in [1.54, 1.807) is 30.3 Å². The van der Waals surface area contributed by atoms with Crippen molar-refractivity contribution in [2.75, 3.05) is 6.54 Å². The Labute approximate surface area is 82.1 Å². The fourth-order valence-corrected chi connectivity index (χ4v) is 0.932. The van der Waals surface area contributed by atoms with Crippen LogP contribution in [0.25, 0.3) is 0 Å². The van der Waals surface area contributed by atoms with Crippen molar-refractivity contribution in [2.24, 2.45) is 0 Å². The van der Waals surface area contributed by atoms with E-state index >= 15 is 0 Å². The van der Waals surface area contributed by atoms with Gasteiger partial charge in [-0.25, -0.2) is 0 Å². The predicted octanol–water partition coefficient (Wildman–Crippen LogP) is 0.619. The van der Waals surface area contributed by atoms with Crippen LogP contribution in [-0.2, 0) is 4.79 Å². The fourth-order valence-electron chi connectivity index (χ4n) is 0.932. The summed E-state index contributed by atoms with van der Waals surface area (Å²) in [5.74, 6) is 0.980. The minimum atomic E-state index is -0.672. The zero-order valence-corrected chi connectivity index (χ0v) is 7.49. The van der Waals surface area contributed by atoms with Gasteiger partial charge in [-0.1, -0.05) is 36.3 Å². The van der Waals surface area contributed by atoms with E-state index in [1.807, 2.05) is 0 Å². The summed E-state index contributed by atoms with van der Waals surface area (Å²) in [5, 5.41) is 2.31. The zero-order chi connectivity index (χ0) is 10.4. The second-order valence-corrected chi connectivity index (χ2v) is 2.58. The average molecular weight is 187 g/mol.